The van der Waals surface area contributed by atoms with E-state index in [1.54, 1.807) is 6.07 Å². The Morgan fingerprint density at radius 1 is 1.27 bits per heavy atom. The number of hydrogen-bond donors (Lipinski definition) is 0. The summed E-state index contributed by atoms with van der Waals surface area (Å²) in [7, 11) is 1.37. The van der Waals surface area contributed by atoms with Gasteiger partial charge in [-0.05, 0) is 24.3 Å². The molecule has 0 radical (unpaired) electrons. The minimum atomic E-state index is -4.56. The van der Waals surface area contributed by atoms with E-state index >= 15 is 0 Å². The molecule has 0 atom stereocenters. The molecule has 0 spiro atoms. The van der Waals surface area contributed by atoms with Gasteiger partial charge in [-0.2, -0.15) is 13.2 Å². The zero-order chi connectivity index (χ0) is 18.7. The molecule has 2 aromatic rings. The highest BCUT2D eigenvalue weighted by Gasteiger charge is 2.34. The summed E-state index contributed by atoms with van der Waals surface area (Å²) in [4.78, 5) is 13.4. The SMILES string of the molecule is COc1cc(C(=O)N(Cc2ccco2)CC(F)(F)F)cc2c1OCCO2. The first-order chi connectivity index (χ1) is 12.4. The number of carbonyl (C=O) groups excluding carboxylic acids is 1. The molecule has 6 nitrogen and oxygen atoms in total. The van der Waals surface area contributed by atoms with E-state index in [1.807, 2.05) is 0 Å². The number of ether oxygens (including phenoxy) is 3. The lowest BCUT2D eigenvalue weighted by Crippen LogP contribution is -2.38. The van der Waals surface area contributed by atoms with E-state index in [9.17, 15) is 18.0 Å². The van der Waals surface area contributed by atoms with Gasteiger partial charge in [0, 0.05) is 5.56 Å². The maximum Gasteiger partial charge on any atom is 0.406 e. The first-order valence-electron chi connectivity index (χ1n) is 7.73. The van der Waals surface area contributed by atoms with Crippen LogP contribution in [0.5, 0.6) is 17.2 Å². The minimum Gasteiger partial charge on any atom is -0.493 e. The molecule has 0 saturated heterocycles. The van der Waals surface area contributed by atoms with Crippen LogP contribution in [0.4, 0.5) is 13.2 Å². The Morgan fingerprint density at radius 3 is 2.69 bits per heavy atom. The average Bonchev–Trinajstić information content (AvgIpc) is 3.11. The maximum absolute atomic E-state index is 12.9. The van der Waals surface area contributed by atoms with Crippen LogP contribution in [0.3, 0.4) is 0 Å². The molecule has 2 heterocycles. The molecular weight excluding hydrogens is 355 g/mol. The van der Waals surface area contributed by atoms with Crippen molar-refractivity contribution in [2.45, 2.75) is 12.7 Å². The quantitative estimate of drug-likeness (QED) is 0.807. The topological polar surface area (TPSA) is 61.1 Å². The third kappa shape index (κ3) is 4.04. The standard InChI is InChI=1S/C17H16F3NO5/c1-23-13-7-11(8-14-15(13)26-6-5-25-14)16(22)21(10-17(18,19)20)9-12-3-2-4-24-12/h2-4,7-8H,5-6,9-10H2,1H3. The highest BCUT2D eigenvalue weighted by molar-refractivity contribution is 5.95. The van der Waals surface area contributed by atoms with Crippen LogP contribution >= 0.6 is 0 Å². The highest BCUT2D eigenvalue weighted by Crippen LogP contribution is 2.40. The predicted molar refractivity (Wildman–Crippen MR) is 83.5 cm³/mol. The highest BCUT2D eigenvalue weighted by atomic mass is 19.4. The number of benzene rings is 1. The number of furan rings is 1. The van der Waals surface area contributed by atoms with Crippen molar-refractivity contribution in [2.24, 2.45) is 0 Å². The second kappa shape index (κ2) is 7.19. The molecule has 0 unspecified atom stereocenters. The molecule has 0 bridgehead atoms. The third-order valence-electron chi connectivity index (χ3n) is 3.66. The molecule has 26 heavy (non-hydrogen) atoms. The summed E-state index contributed by atoms with van der Waals surface area (Å²) in [5.74, 6) is 0.212. The van der Waals surface area contributed by atoms with Crippen LogP contribution in [-0.4, -0.2) is 43.9 Å². The number of methoxy groups -OCH3 is 1. The summed E-state index contributed by atoms with van der Waals surface area (Å²) in [6.07, 6.45) is -3.22. The number of amides is 1. The van der Waals surface area contributed by atoms with Crippen molar-refractivity contribution in [1.82, 2.24) is 4.90 Å². The first-order valence-corrected chi connectivity index (χ1v) is 7.73. The summed E-state index contributed by atoms with van der Waals surface area (Å²) in [6.45, 7) is -1.15. The molecule has 9 heteroatoms. The van der Waals surface area contributed by atoms with Crippen LogP contribution in [0.2, 0.25) is 0 Å². The second-order valence-electron chi connectivity index (χ2n) is 5.56. The Morgan fingerprint density at radius 2 is 2.04 bits per heavy atom. The van der Waals surface area contributed by atoms with E-state index in [0.29, 0.717) is 17.3 Å². The Balaban J connectivity index is 1.92. The number of alkyl halides is 3. The van der Waals surface area contributed by atoms with Crippen LogP contribution in [-0.2, 0) is 6.54 Å². The van der Waals surface area contributed by atoms with Gasteiger partial charge in [0.25, 0.3) is 5.91 Å². The molecular formula is C17H16F3NO5. The van der Waals surface area contributed by atoms with Crippen molar-refractivity contribution in [3.8, 4) is 17.2 Å². The van der Waals surface area contributed by atoms with Gasteiger partial charge in [0.05, 0.1) is 19.9 Å². The predicted octanol–water partition coefficient (Wildman–Crippen LogP) is 3.26. The smallest absolute Gasteiger partial charge is 0.406 e. The van der Waals surface area contributed by atoms with Crippen LogP contribution in [0, 0.1) is 0 Å². The molecule has 1 aliphatic heterocycles. The van der Waals surface area contributed by atoms with Gasteiger partial charge in [0.2, 0.25) is 5.75 Å². The van der Waals surface area contributed by atoms with Crippen molar-refractivity contribution in [2.75, 3.05) is 26.9 Å². The number of rotatable bonds is 5. The molecule has 1 amide bonds. The maximum atomic E-state index is 12.9. The Hall–Kier alpha value is -2.84. The first kappa shape index (κ1) is 18.0. The third-order valence-corrected chi connectivity index (χ3v) is 3.66. The summed E-state index contributed by atoms with van der Waals surface area (Å²) in [5.41, 5.74) is 0.00176. The van der Waals surface area contributed by atoms with Crippen molar-refractivity contribution < 1.29 is 36.6 Å². The monoisotopic (exact) mass is 371 g/mol. The van der Waals surface area contributed by atoms with E-state index in [2.05, 4.69) is 0 Å². The van der Waals surface area contributed by atoms with Gasteiger partial charge in [0.15, 0.2) is 11.5 Å². The lowest BCUT2D eigenvalue weighted by Gasteiger charge is -2.25. The lowest BCUT2D eigenvalue weighted by molar-refractivity contribution is -0.142. The number of nitrogens with zero attached hydrogens (tertiary/aromatic N) is 1. The Bertz CT molecular complexity index is 756. The van der Waals surface area contributed by atoms with Gasteiger partial charge < -0.3 is 23.5 Å². The molecule has 1 aliphatic rings. The average molecular weight is 371 g/mol. The van der Waals surface area contributed by atoms with Gasteiger partial charge >= 0.3 is 6.18 Å². The molecule has 0 N–H and O–H groups in total. The molecule has 1 aromatic heterocycles. The fraction of sp³-hybridized carbons (Fsp3) is 0.353. The van der Waals surface area contributed by atoms with Gasteiger partial charge in [-0.3, -0.25) is 4.79 Å². The molecule has 0 aliphatic carbocycles. The molecule has 1 aromatic carbocycles. The van der Waals surface area contributed by atoms with Gasteiger partial charge in [-0.15, -0.1) is 0 Å². The second-order valence-corrected chi connectivity index (χ2v) is 5.56. The van der Waals surface area contributed by atoms with Crippen molar-refractivity contribution in [3.63, 3.8) is 0 Å². The summed E-state index contributed by atoms with van der Waals surface area (Å²) >= 11 is 0. The van der Waals surface area contributed by atoms with E-state index in [4.69, 9.17) is 18.6 Å². The minimum absolute atomic E-state index is 0.00176. The molecule has 140 valence electrons. The molecule has 0 saturated carbocycles. The van der Waals surface area contributed by atoms with Gasteiger partial charge in [-0.25, -0.2) is 0 Å². The van der Waals surface area contributed by atoms with E-state index in [-0.39, 0.29) is 36.0 Å². The van der Waals surface area contributed by atoms with Gasteiger partial charge in [0.1, 0.15) is 25.5 Å². The largest absolute Gasteiger partial charge is 0.493 e. The molecule has 0 fully saturated rings. The normalized spacial score (nSPS) is 13.4. The van der Waals surface area contributed by atoms with Crippen molar-refractivity contribution in [3.05, 3.63) is 41.9 Å². The summed E-state index contributed by atoms with van der Waals surface area (Å²) in [6, 6.07) is 5.73. The number of fused-ring (bicyclic) bond motifs is 1. The van der Waals surface area contributed by atoms with Crippen LogP contribution in [0.15, 0.2) is 34.9 Å². The number of hydrogen-bond acceptors (Lipinski definition) is 5. The van der Waals surface area contributed by atoms with Crippen molar-refractivity contribution in [1.29, 1.82) is 0 Å². The lowest BCUT2D eigenvalue weighted by atomic mass is 10.1. The fourth-order valence-corrected chi connectivity index (χ4v) is 2.59. The Kier molecular flexibility index (Phi) is 4.97. The van der Waals surface area contributed by atoms with Crippen LogP contribution in [0.25, 0.3) is 0 Å². The summed E-state index contributed by atoms with van der Waals surface area (Å²) < 4.78 is 59.9. The van der Waals surface area contributed by atoms with Gasteiger partial charge in [-0.1, -0.05) is 0 Å². The molecule has 3 rings (SSSR count). The fourth-order valence-electron chi connectivity index (χ4n) is 2.59. The van der Waals surface area contributed by atoms with E-state index in [0.717, 1.165) is 0 Å². The zero-order valence-corrected chi connectivity index (χ0v) is 13.8. The number of halogens is 3. The van der Waals surface area contributed by atoms with Crippen LogP contribution in [0.1, 0.15) is 16.1 Å². The zero-order valence-electron chi connectivity index (χ0n) is 13.8. The van der Waals surface area contributed by atoms with E-state index < -0.39 is 18.6 Å². The Labute approximate surface area is 147 Å². The van der Waals surface area contributed by atoms with Crippen molar-refractivity contribution >= 4 is 5.91 Å². The summed E-state index contributed by atoms with van der Waals surface area (Å²) in [5, 5.41) is 0. The number of carbonyl (C=O) groups is 1. The van der Waals surface area contributed by atoms with E-state index in [1.165, 1.54) is 31.6 Å². The van der Waals surface area contributed by atoms with Crippen LogP contribution < -0.4 is 14.2 Å².